The molecule has 0 unspecified atom stereocenters. The second-order valence-electron chi connectivity index (χ2n) is 6.85. The minimum atomic E-state index is 0.826. The van der Waals surface area contributed by atoms with Crippen LogP contribution < -0.4 is 0 Å². The van der Waals surface area contributed by atoms with E-state index < -0.39 is 0 Å². The number of rotatable bonds is 5. The van der Waals surface area contributed by atoms with Crippen LogP contribution in [0.15, 0.2) is 12.2 Å². The molecule has 1 aliphatic heterocycles. The van der Waals surface area contributed by atoms with E-state index in [0.29, 0.717) is 0 Å². The second kappa shape index (κ2) is 5.97. The van der Waals surface area contributed by atoms with Gasteiger partial charge in [-0.05, 0) is 43.4 Å². The number of nitrogens with zero attached hydrogens (tertiary/aromatic N) is 2. The highest BCUT2D eigenvalue weighted by molar-refractivity contribution is 5.10. The van der Waals surface area contributed by atoms with Crippen LogP contribution in [-0.2, 0) is 0 Å². The van der Waals surface area contributed by atoms with Crippen LogP contribution in [0, 0.1) is 17.8 Å². The summed E-state index contributed by atoms with van der Waals surface area (Å²) in [6.07, 6.45) is 10.5. The van der Waals surface area contributed by atoms with E-state index in [9.17, 15) is 0 Å². The predicted octanol–water partition coefficient (Wildman–Crippen LogP) is 3.00. The van der Waals surface area contributed by atoms with E-state index in [4.69, 9.17) is 0 Å². The Bertz CT molecular complexity index is 313. The molecule has 0 amide bonds. The first-order valence-electron chi connectivity index (χ1n) is 8.44. The topological polar surface area (TPSA) is 6.48 Å². The SMILES string of the molecule is CCC(CC)N1CCN(C[C@@H]2C[C@H]3C=C[C@@H]2C3)CC1. The van der Waals surface area contributed by atoms with Gasteiger partial charge in [0.2, 0.25) is 0 Å². The van der Waals surface area contributed by atoms with Gasteiger partial charge in [0.25, 0.3) is 0 Å². The molecule has 2 nitrogen and oxygen atoms in total. The highest BCUT2D eigenvalue weighted by atomic mass is 15.3. The van der Waals surface area contributed by atoms with Crippen LogP contribution in [0.5, 0.6) is 0 Å². The monoisotopic (exact) mass is 262 g/mol. The van der Waals surface area contributed by atoms with Gasteiger partial charge in [0, 0.05) is 38.8 Å². The molecule has 1 saturated heterocycles. The van der Waals surface area contributed by atoms with E-state index in [-0.39, 0.29) is 0 Å². The molecule has 0 N–H and O–H groups in total. The third kappa shape index (κ3) is 2.90. The number of hydrogen-bond acceptors (Lipinski definition) is 2. The molecule has 0 aromatic heterocycles. The third-order valence-corrected chi connectivity index (χ3v) is 5.77. The van der Waals surface area contributed by atoms with Gasteiger partial charge in [-0.25, -0.2) is 0 Å². The normalized spacial score (nSPS) is 35.6. The molecule has 2 aliphatic carbocycles. The maximum atomic E-state index is 2.73. The van der Waals surface area contributed by atoms with Gasteiger partial charge < -0.3 is 4.90 Å². The van der Waals surface area contributed by atoms with Gasteiger partial charge in [0.1, 0.15) is 0 Å². The van der Waals surface area contributed by atoms with Crippen molar-refractivity contribution in [2.45, 2.75) is 45.6 Å². The zero-order valence-corrected chi connectivity index (χ0v) is 12.7. The van der Waals surface area contributed by atoms with Gasteiger partial charge >= 0.3 is 0 Å². The average Bonchev–Trinajstić information content (AvgIpc) is 3.04. The maximum absolute atomic E-state index is 2.73. The highest BCUT2D eigenvalue weighted by Crippen LogP contribution is 2.43. The van der Waals surface area contributed by atoms with Crippen molar-refractivity contribution >= 4 is 0 Å². The summed E-state index contributed by atoms with van der Waals surface area (Å²) in [4.78, 5) is 5.45. The van der Waals surface area contributed by atoms with Crippen LogP contribution in [0.25, 0.3) is 0 Å². The average molecular weight is 262 g/mol. The molecule has 0 radical (unpaired) electrons. The predicted molar refractivity (Wildman–Crippen MR) is 81.2 cm³/mol. The molecule has 1 saturated carbocycles. The van der Waals surface area contributed by atoms with Crippen LogP contribution in [-0.4, -0.2) is 48.6 Å². The van der Waals surface area contributed by atoms with Crippen molar-refractivity contribution < 1.29 is 0 Å². The first-order chi connectivity index (χ1) is 9.30. The quantitative estimate of drug-likeness (QED) is 0.703. The Morgan fingerprint density at radius 3 is 2.26 bits per heavy atom. The Morgan fingerprint density at radius 2 is 1.74 bits per heavy atom. The Hall–Kier alpha value is -0.340. The van der Waals surface area contributed by atoms with E-state index in [2.05, 4.69) is 35.8 Å². The summed E-state index contributed by atoms with van der Waals surface area (Å²) in [5, 5.41) is 0. The molecule has 108 valence electrons. The lowest BCUT2D eigenvalue weighted by Crippen LogP contribution is -2.51. The number of allylic oxidation sites excluding steroid dienone is 2. The standard InChI is InChI=1S/C17H30N2/c1-3-17(4-2)19-9-7-18(8-10-19)13-16-12-14-5-6-15(16)11-14/h5-6,14-17H,3-4,7-13H2,1-2H3/t14-,15+,16-/m0/s1. The molecule has 2 bridgehead atoms. The van der Waals surface area contributed by atoms with Crippen molar-refractivity contribution in [2.75, 3.05) is 32.7 Å². The van der Waals surface area contributed by atoms with E-state index in [1.165, 1.54) is 58.4 Å². The van der Waals surface area contributed by atoms with Crippen molar-refractivity contribution in [3.8, 4) is 0 Å². The highest BCUT2D eigenvalue weighted by Gasteiger charge is 2.36. The summed E-state index contributed by atoms with van der Waals surface area (Å²) in [5.74, 6) is 2.82. The van der Waals surface area contributed by atoms with E-state index in [1.54, 1.807) is 0 Å². The summed E-state index contributed by atoms with van der Waals surface area (Å²) in [6.45, 7) is 11.2. The van der Waals surface area contributed by atoms with Crippen LogP contribution in [0.3, 0.4) is 0 Å². The first kappa shape index (κ1) is 13.6. The Balaban J connectivity index is 1.44. The molecule has 0 aromatic carbocycles. The maximum Gasteiger partial charge on any atom is 0.0113 e. The van der Waals surface area contributed by atoms with Gasteiger partial charge in [-0.15, -0.1) is 0 Å². The van der Waals surface area contributed by atoms with Crippen LogP contribution in [0.2, 0.25) is 0 Å². The fourth-order valence-electron chi connectivity index (χ4n) is 4.55. The molecule has 2 heteroatoms. The second-order valence-corrected chi connectivity index (χ2v) is 6.85. The van der Waals surface area contributed by atoms with Crippen molar-refractivity contribution in [3.63, 3.8) is 0 Å². The molecule has 3 rings (SSSR count). The smallest absolute Gasteiger partial charge is 0.0113 e. The first-order valence-corrected chi connectivity index (χ1v) is 8.44. The van der Waals surface area contributed by atoms with Gasteiger partial charge in [-0.2, -0.15) is 0 Å². The Labute approximate surface area is 118 Å². The fourth-order valence-corrected chi connectivity index (χ4v) is 4.55. The molecular weight excluding hydrogens is 232 g/mol. The number of fused-ring (bicyclic) bond motifs is 2. The van der Waals surface area contributed by atoms with E-state index in [0.717, 1.165) is 23.8 Å². The summed E-state index contributed by atoms with van der Waals surface area (Å²) in [7, 11) is 0. The van der Waals surface area contributed by atoms with Crippen molar-refractivity contribution in [1.82, 2.24) is 9.80 Å². The Kier molecular flexibility index (Phi) is 4.28. The lowest BCUT2D eigenvalue weighted by Gasteiger charge is -2.40. The number of hydrogen-bond donors (Lipinski definition) is 0. The minimum absolute atomic E-state index is 0.826. The molecule has 2 fully saturated rings. The summed E-state index contributed by atoms with van der Waals surface area (Å²) < 4.78 is 0. The minimum Gasteiger partial charge on any atom is -0.300 e. The molecular formula is C17H30N2. The number of piperazine rings is 1. The van der Waals surface area contributed by atoms with E-state index in [1.807, 2.05) is 0 Å². The summed E-state index contributed by atoms with van der Waals surface area (Å²) in [5.41, 5.74) is 0. The lowest BCUT2D eigenvalue weighted by molar-refractivity contribution is 0.0796. The summed E-state index contributed by atoms with van der Waals surface area (Å²) >= 11 is 0. The lowest BCUT2D eigenvalue weighted by atomic mass is 9.93. The molecule has 0 aromatic rings. The third-order valence-electron chi connectivity index (χ3n) is 5.77. The van der Waals surface area contributed by atoms with Crippen LogP contribution in [0.1, 0.15) is 39.5 Å². The molecule has 3 atom stereocenters. The van der Waals surface area contributed by atoms with Gasteiger partial charge in [-0.3, -0.25) is 4.90 Å². The molecule has 1 heterocycles. The summed E-state index contributed by atoms with van der Waals surface area (Å²) in [6, 6.07) is 0.826. The Morgan fingerprint density at radius 1 is 1.00 bits per heavy atom. The van der Waals surface area contributed by atoms with Gasteiger partial charge in [0.15, 0.2) is 0 Å². The van der Waals surface area contributed by atoms with Crippen LogP contribution in [0.4, 0.5) is 0 Å². The van der Waals surface area contributed by atoms with Crippen molar-refractivity contribution in [2.24, 2.45) is 17.8 Å². The van der Waals surface area contributed by atoms with Crippen molar-refractivity contribution in [1.29, 1.82) is 0 Å². The van der Waals surface area contributed by atoms with Gasteiger partial charge in [-0.1, -0.05) is 26.0 Å². The van der Waals surface area contributed by atoms with Crippen LogP contribution >= 0.6 is 0 Å². The molecule has 3 aliphatic rings. The molecule has 19 heavy (non-hydrogen) atoms. The largest absolute Gasteiger partial charge is 0.300 e. The van der Waals surface area contributed by atoms with Gasteiger partial charge in [0.05, 0.1) is 0 Å². The zero-order chi connectivity index (χ0) is 13.2. The molecule has 0 spiro atoms. The fraction of sp³-hybridized carbons (Fsp3) is 0.882. The van der Waals surface area contributed by atoms with E-state index >= 15 is 0 Å². The van der Waals surface area contributed by atoms with Crippen molar-refractivity contribution in [3.05, 3.63) is 12.2 Å². The zero-order valence-electron chi connectivity index (χ0n) is 12.7.